The summed E-state index contributed by atoms with van der Waals surface area (Å²) >= 11 is 1.61. The van der Waals surface area contributed by atoms with Gasteiger partial charge in [0.15, 0.2) is 0 Å². The molecule has 0 aliphatic carbocycles. The minimum absolute atomic E-state index is 0.364. The first-order valence-electron chi connectivity index (χ1n) is 4.74. The molecule has 1 aliphatic rings. The van der Waals surface area contributed by atoms with Crippen LogP contribution >= 0.6 is 11.3 Å². The molecule has 2 heterocycles. The van der Waals surface area contributed by atoms with Gasteiger partial charge in [-0.1, -0.05) is 6.92 Å². The van der Waals surface area contributed by atoms with Crippen molar-refractivity contribution in [1.29, 1.82) is 0 Å². The summed E-state index contributed by atoms with van der Waals surface area (Å²) in [5.74, 6) is -1.13. The molecule has 1 aliphatic heterocycles. The van der Waals surface area contributed by atoms with E-state index in [2.05, 4.69) is 4.99 Å². The van der Waals surface area contributed by atoms with Gasteiger partial charge in [-0.2, -0.15) is 0 Å². The van der Waals surface area contributed by atoms with Gasteiger partial charge in [0.1, 0.15) is 5.00 Å². The van der Waals surface area contributed by atoms with Gasteiger partial charge in [-0.05, 0) is 11.4 Å². The first-order valence-corrected chi connectivity index (χ1v) is 5.62. The normalized spacial score (nSPS) is 16.2. The Kier molecular flexibility index (Phi) is 2.73. The molecule has 0 saturated carbocycles. The van der Waals surface area contributed by atoms with Gasteiger partial charge < -0.3 is 10.0 Å². The molecular weight excluding hydrogens is 212 g/mol. The van der Waals surface area contributed by atoms with Gasteiger partial charge in [-0.3, -0.25) is 4.79 Å². The minimum Gasteiger partial charge on any atom is -0.481 e. The topological polar surface area (TPSA) is 52.9 Å². The van der Waals surface area contributed by atoms with Crippen LogP contribution in [0.25, 0.3) is 0 Å². The molecule has 0 fully saturated rings. The molecule has 1 aromatic heterocycles. The van der Waals surface area contributed by atoms with E-state index in [0.29, 0.717) is 6.54 Å². The van der Waals surface area contributed by atoms with Crippen molar-refractivity contribution in [3.63, 3.8) is 0 Å². The average Bonchev–Trinajstić information content (AvgIpc) is 2.64. The van der Waals surface area contributed by atoms with Crippen LogP contribution in [0.3, 0.4) is 0 Å². The lowest BCUT2D eigenvalue weighted by molar-refractivity contribution is -0.141. The molecule has 1 aromatic rings. The zero-order chi connectivity index (χ0) is 10.8. The molecule has 5 heteroatoms. The van der Waals surface area contributed by atoms with E-state index in [9.17, 15) is 4.79 Å². The summed E-state index contributed by atoms with van der Waals surface area (Å²) < 4.78 is 0. The highest BCUT2D eigenvalue weighted by Gasteiger charge is 2.18. The molecule has 0 saturated heterocycles. The lowest BCUT2D eigenvalue weighted by atomic mass is 10.1. The van der Waals surface area contributed by atoms with Crippen molar-refractivity contribution < 1.29 is 9.90 Å². The molecule has 15 heavy (non-hydrogen) atoms. The number of carbonyl (C=O) groups is 1. The van der Waals surface area contributed by atoms with Crippen molar-refractivity contribution in [2.75, 3.05) is 6.54 Å². The molecule has 1 atom stereocenters. The number of nitrogens with zero attached hydrogens (tertiary/aromatic N) is 2. The van der Waals surface area contributed by atoms with E-state index in [1.54, 1.807) is 24.6 Å². The maximum Gasteiger partial charge on any atom is 0.308 e. The van der Waals surface area contributed by atoms with Crippen LogP contribution in [-0.4, -0.2) is 28.9 Å². The zero-order valence-corrected chi connectivity index (χ0v) is 9.20. The molecule has 0 bridgehead atoms. The number of aliphatic imine (C=N–C) groups is 1. The van der Waals surface area contributed by atoms with Crippen LogP contribution in [0, 0.1) is 5.92 Å². The number of carboxylic acids is 1. The summed E-state index contributed by atoms with van der Waals surface area (Å²) in [5, 5.41) is 11.8. The molecule has 0 radical (unpaired) electrons. The van der Waals surface area contributed by atoms with Crippen molar-refractivity contribution in [1.82, 2.24) is 4.90 Å². The van der Waals surface area contributed by atoms with Crippen LogP contribution in [0.15, 0.2) is 16.4 Å². The second-order valence-corrected chi connectivity index (χ2v) is 4.56. The van der Waals surface area contributed by atoms with Crippen LogP contribution in [0.2, 0.25) is 0 Å². The van der Waals surface area contributed by atoms with E-state index in [4.69, 9.17) is 5.11 Å². The Morgan fingerprint density at radius 2 is 2.60 bits per heavy atom. The highest BCUT2D eigenvalue weighted by Crippen LogP contribution is 2.30. The first-order chi connectivity index (χ1) is 7.16. The maximum atomic E-state index is 10.7. The Morgan fingerprint density at radius 1 is 1.80 bits per heavy atom. The molecule has 0 amide bonds. The number of hydrogen-bond donors (Lipinski definition) is 1. The van der Waals surface area contributed by atoms with Crippen LogP contribution < -0.4 is 0 Å². The smallest absolute Gasteiger partial charge is 0.308 e. The number of aliphatic carboxylic acids is 1. The van der Waals surface area contributed by atoms with E-state index in [0.717, 1.165) is 11.5 Å². The summed E-state index contributed by atoms with van der Waals surface area (Å²) in [4.78, 5) is 16.9. The third-order valence-electron chi connectivity index (χ3n) is 2.37. The van der Waals surface area contributed by atoms with E-state index < -0.39 is 5.97 Å². The van der Waals surface area contributed by atoms with E-state index in [1.807, 2.05) is 16.3 Å². The van der Waals surface area contributed by atoms with E-state index in [-0.39, 0.29) is 5.92 Å². The van der Waals surface area contributed by atoms with E-state index >= 15 is 0 Å². The molecule has 80 valence electrons. The summed E-state index contributed by atoms with van der Waals surface area (Å²) in [5.41, 5.74) is 1.18. The standard InChI is InChI=1S/C10H12N2O2S/c1-7(10(13)14)4-12-5-8-2-3-15-9(8)11-6-12/h2-3,6-7H,4-5H2,1H3,(H,13,14). The number of thiophene rings is 1. The fourth-order valence-electron chi connectivity index (χ4n) is 1.50. The van der Waals surface area contributed by atoms with Crippen molar-refractivity contribution in [2.45, 2.75) is 13.5 Å². The Bertz CT molecular complexity index is 400. The molecule has 1 N–H and O–H groups in total. The van der Waals surface area contributed by atoms with Gasteiger partial charge in [0.25, 0.3) is 0 Å². The maximum absolute atomic E-state index is 10.7. The number of rotatable bonds is 3. The van der Waals surface area contributed by atoms with Gasteiger partial charge >= 0.3 is 5.97 Å². The average molecular weight is 224 g/mol. The van der Waals surface area contributed by atoms with E-state index in [1.165, 1.54) is 5.56 Å². The Morgan fingerprint density at radius 3 is 3.33 bits per heavy atom. The van der Waals surface area contributed by atoms with Crippen LogP contribution in [0.5, 0.6) is 0 Å². The first kappa shape index (κ1) is 10.2. The van der Waals surface area contributed by atoms with Crippen molar-refractivity contribution in [2.24, 2.45) is 10.9 Å². The lowest BCUT2D eigenvalue weighted by Gasteiger charge is -2.24. The summed E-state index contributed by atoms with van der Waals surface area (Å²) in [7, 11) is 0. The fourth-order valence-corrected chi connectivity index (χ4v) is 2.25. The molecule has 0 spiro atoms. The largest absolute Gasteiger partial charge is 0.481 e. The second kappa shape index (κ2) is 4.02. The van der Waals surface area contributed by atoms with Crippen molar-refractivity contribution >= 4 is 28.6 Å². The molecule has 1 unspecified atom stereocenters. The fraction of sp³-hybridized carbons (Fsp3) is 0.400. The highest BCUT2D eigenvalue weighted by atomic mass is 32.1. The van der Waals surface area contributed by atoms with Gasteiger partial charge in [0.2, 0.25) is 0 Å². The molecule has 4 nitrogen and oxygen atoms in total. The quantitative estimate of drug-likeness (QED) is 0.853. The highest BCUT2D eigenvalue weighted by molar-refractivity contribution is 7.14. The second-order valence-electron chi connectivity index (χ2n) is 3.66. The van der Waals surface area contributed by atoms with Gasteiger partial charge in [0.05, 0.1) is 12.3 Å². The monoisotopic (exact) mass is 224 g/mol. The van der Waals surface area contributed by atoms with Gasteiger partial charge in [-0.15, -0.1) is 11.3 Å². The predicted molar refractivity (Wildman–Crippen MR) is 59.7 cm³/mol. The number of fused-ring (bicyclic) bond motifs is 1. The zero-order valence-electron chi connectivity index (χ0n) is 8.38. The third kappa shape index (κ3) is 2.18. The SMILES string of the molecule is CC(CN1C=Nc2sccc2C1)C(=O)O. The van der Waals surface area contributed by atoms with Crippen molar-refractivity contribution in [3.8, 4) is 0 Å². The Hall–Kier alpha value is -1.36. The predicted octanol–water partition coefficient (Wildman–Crippen LogP) is 1.94. The third-order valence-corrected chi connectivity index (χ3v) is 3.23. The summed E-state index contributed by atoms with van der Waals surface area (Å²) in [6.45, 7) is 2.98. The summed E-state index contributed by atoms with van der Waals surface area (Å²) in [6.07, 6.45) is 1.73. The minimum atomic E-state index is -0.764. The van der Waals surface area contributed by atoms with Gasteiger partial charge in [-0.25, -0.2) is 4.99 Å². The Balaban J connectivity index is 2.01. The van der Waals surface area contributed by atoms with Gasteiger partial charge in [0, 0.05) is 18.7 Å². The molecule has 2 rings (SSSR count). The van der Waals surface area contributed by atoms with Crippen LogP contribution in [-0.2, 0) is 11.3 Å². The van der Waals surface area contributed by atoms with Crippen LogP contribution in [0.1, 0.15) is 12.5 Å². The molecule has 0 aromatic carbocycles. The lowest BCUT2D eigenvalue weighted by Crippen LogP contribution is -2.31. The van der Waals surface area contributed by atoms with Crippen LogP contribution in [0.4, 0.5) is 5.00 Å². The Labute approximate surface area is 91.9 Å². The molecular formula is C10H12N2O2S. The number of hydrogen-bond acceptors (Lipinski definition) is 4. The summed E-state index contributed by atoms with van der Waals surface area (Å²) in [6, 6.07) is 2.04. The number of carboxylic acid groups (broad SMARTS) is 1. The van der Waals surface area contributed by atoms with Crippen molar-refractivity contribution in [3.05, 3.63) is 17.0 Å².